The molecule has 0 spiro atoms. The number of anilines is 1. The molecule has 18 atom stereocenters. The molecule has 19 nitrogen and oxygen atoms in total. The van der Waals surface area contributed by atoms with Crippen molar-refractivity contribution < 1.29 is 63.5 Å². The van der Waals surface area contributed by atoms with E-state index in [9.17, 15) is 35.1 Å². The molecule has 398 valence electrons. The molecule has 3 aliphatic heterocycles. The van der Waals surface area contributed by atoms with Gasteiger partial charge >= 0.3 is 12.1 Å². The topological polar surface area (TPSA) is 240 Å². The number of benzene rings is 1. The van der Waals surface area contributed by atoms with Crippen molar-refractivity contribution in [1.29, 1.82) is 0 Å². The molecular weight excluding hydrogens is 905 g/mol. The zero-order valence-electron chi connectivity index (χ0n) is 44.1. The quantitative estimate of drug-likeness (QED) is 0.156. The van der Waals surface area contributed by atoms with E-state index in [2.05, 4.69) is 15.6 Å². The van der Waals surface area contributed by atoms with Gasteiger partial charge in [0.1, 0.15) is 36.6 Å². The van der Waals surface area contributed by atoms with Crippen molar-refractivity contribution in [1.82, 2.24) is 24.8 Å². The third-order valence-corrected chi connectivity index (χ3v) is 15.6. The summed E-state index contributed by atoms with van der Waals surface area (Å²) >= 11 is 0. The minimum Gasteiger partial charge on any atom is -0.459 e. The Morgan fingerprint density at radius 1 is 1.00 bits per heavy atom. The molecular formula is C51H86N6O13. The number of amides is 1. The summed E-state index contributed by atoms with van der Waals surface area (Å²) in [6, 6.07) is 6.42. The van der Waals surface area contributed by atoms with Crippen LogP contribution in [0, 0.1) is 30.6 Å². The Labute approximate surface area is 415 Å². The number of hydrogen-bond acceptors (Lipinski definition) is 17. The van der Waals surface area contributed by atoms with Crippen LogP contribution in [0.4, 0.5) is 10.5 Å². The summed E-state index contributed by atoms with van der Waals surface area (Å²) in [4.78, 5) is 30.9. The highest BCUT2D eigenvalue weighted by molar-refractivity contribution is 5.84. The van der Waals surface area contributed by atoms with Crippen molar-refractivity contribution >= 4 is 17.7 Å². The lowest BCUT2D eigenvalue weighted by atomic mass is 9.68. The summed E-state index contributed by atoms with van der Waals surface area (Å²) in [6.45, 7) is 21.2. The van der Waals surface area contributed by atoms with Crippen molar-refractivity contribution in [3.8, 4) is 0 Å². The van der Waals surface area contributed by atoms with Gasteiger partial charge in [0.05, 0.1) is 53.8 Å². The normalized spacial score (nSPS) is 39.7. The maximum Gasteiger partial charge on any atom is 0.411 e. The molecule has 1 amide bonds. The molecule has 70 heavy (non-hydrogen) atoms. The predicted molar refractivity (Wildman–Crippen MR) is 262 cm³/mol. The Morgan fingerprint density at radius 2 is 1.67 bits per heavy atom. The number of carbonyl (C=O) groups is 2. The first-order chi connectivity index (χ1) is 32.7. The molecule has 1 unspecified atom stereocenters. The molecule has 5 rings (SSSR count). The van der Waals surface area contributed by atoms with Crippen LogP contribution in [0.25, 0.3) is 0 Å². The van der Waals surface area contributed by atoms with Gasteiger partial charge in [0.2, 0.25) is 0 Å². The van der Waals surface area contributed by atoms with Gasteiger partial charge in [-0.05, 0) is 106 Å². The van der Waals surface area contributed by atoms with Gasteiger partial charge in [-0.3, -0.25) is 10.1 Å². The molecule has 1 aromatic carbocycles. The summed E-state index contributed by atoms with van der Waals surface area (Å²) in [5, 5.41) is 71.2. The number of aliphatic hydroxyl groups excluding tert-OH is 3. The van der Waals surface area contributed by atoms with Crippen LogP contribution in [0.3, 0.4) is 0 Å². The molecule has 19 heteroatoms. The second-order valence-corrected chi connectivity index (χ2v) is 21.6. The van der Waals surface area contributed by atoms with Crippen LogP contribution in [0.15, 0.2) is 30.5 Å². The number of likely N-dealkylation sites (N-methyl/N-ethyl adjacent to an activating group) is 2. The zero-order chi connectivity index (χ0) is 52.0. The molecule has 2 aromatic rings. The van der Waals surface area contributed by atoms with Crippen molar-refractivity contribution in [3.63, 3.8) is 0 Å². The first kappa shape index (κ1) is 57.6. The summed E-state index contributed by atoms with van der Waals surface area (Å²) in [5.74, 6) is -3.18. The average Bonchev–Trinajstić information content (AvgIpc) is 3.75. The van der Waals surface area contributed by atoms with Crippen LogP contribution in [-0.4, -0.2) is 187 Å². The van der Waals surface area contributed by atoms with Gasteiger partial charge in [-0.2, -0.15) is 0 Å². The van der Waals surface area contributed by atoms with Crippen molar-refractivity contribution in [2.45, 2.75) is 199 Å². The number of aliphatic hydroxyl groups is 5. The van der Waals surface area contributed by atoms with E-state index in [1.165, 1.54) is 14.0 Å². The van der Waals surface area contributed by atoms with Gasteiger partial charge in [-0.25, -0.2) is 9.48 Å². The third-order valence-electron chi connectivity index (χ3n) is 15.6. The fraction of sp³-hybridized carbons (Fsp3) is 0.804. The Balaban J connectivity index is 1.39. The molecule has 0 aliphatic carbocycles. The zero-order valence-corrected chi connectivity index (χ0v) is 44.1. The number of esters is 1. The van der Waals surface area contributed by atoms with Crippen LogP contribution >= 0.6 is 0 Å². The average molecular weight is 991 g/mol. The first-order valence-electron chi connectivity index (χ1n) is 25.2. The number of nitrogens with one attached hydrogen (secondary N) is 1. The first-order valence-corrected chi connectivity index (χ1v) is 25.2. The standard InChI is InChI=1S/C51H86N6O13/c1-15-40-51(11,64)43(59)34(7)56(13)27-30(3)25-49(9,63)45(32(5)41(33(6)46(61)69-40)39-26-50(10,65-14)44(60)35(8)68-39)70-47-42(58)38(24-31(4)67-47)55(12)21-20-37-28-57(54-53-37)22-23-66-48(62)52-36-18-16-29(2)17-19-36/h16-19,28,30-35,38-45,47,58-60,63-64H,15,20-27H2,1-14H3,(H,52,62)/t30-,31-,32+,33-,34-,35+,38+,39?,40-,41+,42-,43-,44+,45-,47+,49-,50-,51-/m1/s1. The van der Waals surface area contributed by atoms with Gasteiger partial charge in [-0.15, -0.1) is 5.10 Å². The third kappa shape index (κ3) is 13.8. The number of carbonyl (C=O) groups excluding carboxylic acids is 2. The van der Waals surface area contributed by atoms with Crippen LogP contribution in [0.1, 0.15) is 106 Å². The van der Waals surface area contributed by atoms with Crippen LogP contribution < -0.4 is 5.32 Å². The number of hydrogen-bond donors (Lipinski definition) is 6. The molecule has 0 bridgehead atoms. The number of cyclic esters (lactones) is 1. The Bertz CT molecular complexity index is 1970. The molecule has 0 saturated carbocycles. The minimum absolute atomic E-state index is 0.0917. The smallest absolute Gasteiger partial charge is 0.411 e. The summed E-state index contributed by atoms with van der Waals surface area (Å²) in [7, 11) is 5.29. The van der Waals surface area contributed by atoms with E-state index in [1.54, 1.807) is 64.6 Å². The number of aromatic nitrogens is 3. The SMILES string of the molecule is CC[C@H]1OC(=O)[C@H](C)[C@@H](C2C[C@@](C)(OC)[C@@H](O)[C@H](C)O2)[C@H](C)[C@@H](O[C@@H]2O[C@H](C)C[C@H](N(C)CCc3cn(CCOC(=O)Nc4ccc(C)cc4)nn3)[C@H]2O)[C@](C)(O)C[C@@H](C)CN(C)[C@H](C)[C@@H](O)[C@]1(C)O. The molecule has 4 heterocycles. The van der Waals surface area contributed by atoms with E-state index in [1.807, 2.05) is 63.7 Å². The lowest BCUT2D eigenvalue weighted by Gasteiger charge is -2.51. The van der Waals surface area contributed by atoms with Crippen LogP contribution in [-0.2, 0) is 46.2 Å². The summed E-state index contributed by atoms with van der Waals surface area (Å²) in [6.07, 6.45) is -5.75. The predicted octanol–water partition coefficient (Wildman–Crippen LogP) is 3.94. The molecule has 3 fully saturated rings. The highest BCUT2D eigenvalue weighted by Gasteiger charge is 2.55. The minimum atomic E-state index is -1.82. The van der Waals surface area contributed by atoms with Crippen LogP contribution in [0.2, 0.25) is 0 Å². The summed E-state index contributed by atoms with van der Waals surface area (Å²) < 4.78 is 39.1. The second-order valence-electron chi connectivity index (χ2n) is 21.6. The number of nitrogens with zero attached hydrogens (tertiary/aromatic N) is 5. The Kier molecular flexibility index (Phi) is 19.8. The van der Waals surface area contributed by atoms with Gasteiger partial charge < -0.3 is 63.8 Å². The largest absolute Gasteiger partial charge is 0.459 e. The van der Waals surface area contributed by atoms with Crippen molar-refractivity contribution in [3.05, 3.63) is 41.7 Å². The van der Waals surface area contributed by atoms with E-state index >= 15 is 0 Å². The number of aryl methyl sites for hydroxylation is 1. The molecule has 6 N–H and O–H groups in total. The lowest BCUT2D eigenvalue weighted by Crippen LogP contribution is -2.62. The second kappa shape index (κ2) is 24.1. The van der Waals surface area contributed by atoms with Gasteiger partial charge in [-0.1, -0.05) is 50.6 Å². The molecule has 3 saturated heterocycles. The van der Waals surface area contributed by atoms with E-state index < -0.39 is 108 Å². The summed E-state index contributed by atoms with van der Waals surface area (Å²) in [5.41, 5.74) is -2.04. The van der Waals surface area contributed by atoms with Gasteiger partial charge in [0.25, 0.3) is 0 Å². The van der Waals surface area contributed by atoms with Crippen LogP contribution in [0.5, 0.6) is 0 Å². The van der Waals surface area contributed by atoms with E-state index in [0.29, 0.717) is 43.9 Å². The van der Waals surface area contributed by atoms with Gasteiger partial charge in [0, 0.05) is 62.9 Å². The number of rotatable bonds is 13. The number of methoxy groups -OCH3 is 1. The Hall–Kier alpha value is -3.34. The fourth-order valence-corrected chi connectivity index (χ4v) is 11.3. The van der Waals surface area contributed by atoms with E-state index in [4.69, 9.17) is 28.4 Å². The molecule has 1 aromatic heterocycles. The maximum atomic E-state index is 14.6. The Morgan fingerprint density at radius 3 is 2.31 bits per heavy atom. The highest BCUT2D eigenvalue weighted by Crippen LogP contribution is 2.45. The number of ether oxygens (including phenoxy) is 6. The maximum absolute atomic E-state index is 14.6. The fourth-order valence-electron chi connectivity index (χ4n) is 11.3. The molecule has 3 aliphatic rings. The van der Waals surface area contributed by atoms with Crippen molar-refractivity contribution in [2.75, 3.05) is 46.2 Å². The van der Waals surface area contributed by atoms with Crippen molar-refractivity contribution in [2.24, 2.45) is 23.7 Å². The highest BCUT2D eigenvalue weighted by atomic mass is 16.7. The van der Waals surface area contributed by atoms with E-state index in [-0.39, 0.29) is 37.9 Å². The lowest BCUT2D eigenvalue weighted by molar-refractivity contribution is -0.302. The van der Waals surface area contributed by atoms with Gasteiger partial charge in [0.15, 0.2) is 6.29 Å². The monoisotopic (exact) mass is 991 g/mol. The molecule has 0 radical (unpaired) electrons. The van der Waals surface area contributed by atoms with E-state index in [0.717, 1.165) is 5.56 Å².